The summed E-state index contributed by atoms with van der Waals surface area (Å²) in [5.41, 5.74) is 6.05. The topological polar surface area (TPSA) is 72.2 Å². The molecule has 1 aliphatic rings. The Labute approximate surface area is 114 Å². The van der Waals surface area contributed by atoms with Crippen molar-refractivity contribution in [3.8, 4) is 0 Å². The molecule has 0 spiro atoms. The maximum absolute atomic E-state index is 11.9. The fraction of sp³-hybridized carbons (Fsp3) is 0.385. The van der Waals surface area contributed by atoms with E-state index in [9.17, 15) is 9.59 Å². The summed E-state index contributed by atoms with van der Waals surface area (Å²) in [7, 11) is 0. The van der Waals surface area contributed by atoms with E-state index in [2.05, 4.69) is 21.2 Å². The normalized spacial score (nSPS) is 23.2. The highest BCUT2D eigenvalue weighted by Crippen LogP contribution is 2.38. The van der Waals surface area contributed by atoms with Crippen LogP contribution in [0.4, 0.5) is 0 Å². The quantitative estimate of drug-likeness (QED) is 0.889. The molecule has 0 heterocycles. The molecule has 0 aliphatic heterocycles. The molecule has 1 aromatic rings. The van der Waals surface area contributed by atoms with Gasteiger partial charge in [0.15, 0.2) is 0 Å². The van der Waals surface area contributed by atoms with E-state index in [0.717, 1.165) is 10.9 Å². The Kier molecular flexibility index (Phi) is 3.71. The van der Waals surface area contributed by atoms with Gasteiger partial charge in [-0.2, -0.15) is 0 Å². The number of halogens is 1. The van der Waals surface area contributed by atoms with Gasteiger partial charge in [-0.05, 0) is 30.0 Å². The van der Waals surface area contributed by atoms with Crippen molar-refractivity contribution >= 4 is 27.7 Å². The van der Waals surface area contributed by atoms with Gasteiger partial charge < -0.3 is 11.1 Å². The number of amides is 2. The summed E-state index contributed by atoms with van der Waals surface area (Å²) in [6, 6.07) is 6.46. The zero-order valence-electron chi connectivity index (χ0n) is 10.0. The van der Waals surface area contributed by atoms with Crippen LogP contribution < -0.4 is 11.1 Å². The number of carbonyl (C=O) groups is 2. The molecule has 0 saturated heterocycles. The molecular formula is C13H15BrN2O2. The highest BCUT2D eigenvalue weighted by atomic mass is 79.9. The highest BCUT2D eigenvalue weighted by Gasteiger charge is 2.40. The molecule has 2 rings (SSSR count). The predicted molar refractivity (Wildman–Crippen MR) is 71.5 cm³/mol. The smallest absolute Gasteiger partial charge is 0.244 e. The van der Waals surface area contributed by atoms with E-state index in [-0.39, 0.29) is 11.8 Å². The molecule has 1 fully saturated rings. The van der Waals surface area contributed by atoms with Crippen LogP contribution in [0.3, 0.4) is 0 Å². The molecule has 96 valence electrons. The molecule has 0 bridgehead atoms. The number of primary amides is 1. The Morgan fingerprint density at radius 2 is 2.17 bits per heavy atom. The number of nitrogens with two attached hydrogens (primary N) is 1. The number of nitrogens with one attached hydrogen (secondary N) is 1. The average Bonchev–Trinajstić information content (AvgIpc) is 3.02. The average molecular weight is 311 g/mol. The Morgan fingerprint density at radius 1 is 1.50 bits per heavy atom. The van der Waals surface area contributed by atoms with E-state index in [1.54, 1.807) is 18.2 Å². The van der Waals surface area contributed by atoms with Gasteiger partial charge in [-0.1, -0.05) is 35.0 Å². The van der Waals surface area contributed by atoms with Gasteiger partial charge in [0.05, 0.1) is 0 Å². The van der Waals surface area contributed by atoms with Crippen molar-refractivity contribution in [3.05, 3.63) is 34.3 Å². The number of hydrogen-bond acceptors (Lipinski definition) is 2. The third-order valence-electron chi connectivity index (χ3n) is 3.20. The molecular weight excluding hydrogens is 296 g/mol. The lowest BCUT2D eigenvalue weighted by molar-refractivity contribution is -0.128. The second-order valence-electron chi connectivity index (χ2n) is 4.72. The first-order valence-corrected chi connectivity index (χ1v) is 6.63. The molecule has 2 amide bonds. The van der Waals surface area contributed by atoms with Gasteiger partial charge >= 0.3 is 0 Å². The fourth-order valence-electron chi connectivity index (χ4n) is 1.94. The second kappa shape index (κ2) is 5.10. The summed E-state index contributed by atoms with van der Waals surface area (Å²) in [5.74, 6) is -0.207. The molecule has 5 heteroatoms. The molecule has 3 N–H and O–H groups in total. The molecule has 0 aromatic heterocycles. The lowest BCUT2D eigenvalue weighted by Gasteiger charge is -2.16. The summed E-state index contributed by atoms with van der Waals surface area (Å²) in [6.07, 6.45) is 0.885. The van der Waals surface area contributed by atoms with Gasteiger partial charge in [0, 0.05) is 10.4 Å². The molecule has 1 aromatic carbocycles. The van der Waals surface area contributed by atoms with Crippen molar-refractivity contribution in [2.75, 3.05) is 0 Å². The zero-order chi connectivity index (χ0) is 13.3. The summed E-state index contributed by atoms with van der Waals surface area (Å²) >= 11 is 3.33. The van der Waals surface area contributed by atoms with Crippen LogP contribution in [0.25, 0.3) is 0 Å². The highest BCUT2D eigenvalue weighted by molar-refractivity contribution is 9.10. The Morgan fingerprint density at radius 3 is 2.67 bits per heavy atom. The first-order chi connectivity index (χ1) is 8.49. The van der Waals surface area contributed by atoms with Crippen molar-refractivity contribution < 1.29 is 9.59 Å². The minimum absolute atomic E-state index is 0.0269. The molecule has 1 saturated carbocycles. The molecule has 1 aliphatic carbocycles. The van der Waals surface area contributed by atoms with Crippen molar-refractivity contribution in [1.29, 1.82) is 0 Å². The molecule has 0 unspecified atom stereocenters. The lowest BCUT2D eigenvalue weighted by atomic mass is 10.1. The molecule has 4 nitrogen and oxygen atoms in total. The van der Waals surface area contributed by atoms with Gasteiger partial charge in [-0.3, -0.25) is 9.59 Å². The fourth-order valence-corrected chi connectivity index (χ4v) is 2.36. The van der Waals surface area contributed by atoms with Gasteiger partial charge in [0.2, 0.25) is 11.8 Å². The van der Waals surface area contributed by atoms with Crippen LogP contribution in [0, 0.1) is 11.8 Å². The third kappa shape index (κ3) is 2.90. The Bertz CT molecular complexity index is 490. The van der Waals surface area contributed by atoms with Gasteiger partial charge in [0.25, 0.3) is 0 Å². The maximum Gasteiger partial charge on any atom is 0.244 e. The number of hydrogen-bond donors (Lipinski definition) is 2. The van der Waals surface area contributed by atoms with Crippen LogP contribution in [-0.2, 0) is 9.59 Å². The predicted octanol–water partition coefficient (Wildman–Crippen LogP) is 1.75. The summed E-state index contributed by atoms with van der Waals surface area (Å²) in [6.45, 7) is 2.02. The van der Waals surface area contributed by atoms with Crippen LogP contribution in [0.1, 0.15) is 24.9 Å². The van der Waals surface area contributed by atoms with Crippen LogP contribution in [0.15, 0.2) is 28.7 Å². The first kappa shape index (κ1) is 13.1. The van der Waals surface area contributed by atoms with Gasteiger partial charge in [-0.15, -0.1) is 0 Å². The largest absolute Gasteiger partial charge is 0.368 e. The number of benzene rings is 1. The van der Waals surface area contributed by atoms with E-state index in [4.69, 9.17) is 5.73 Å². The summed E-state index contributed by atoms with van der Waals surface area (Å²) in [4.78, 5) is 23.3. The van der Waals surface area contributed by atoms with Gasteiger partial charge in [0.1, 0.15) is 6.04 Å². The van der Waals surface area contributed by atoms with Gasteiger partial charge in [-0.25, -0.2) is 0 Å². The molecule has 3 atom stereocenters. The minimum atomic E-state index is -0.761. The standard InChI is InChI=1S/C13H15BrN2O2/c1-7-5-10(7)13(18)16-11(12(15)17)8-3-2-4-9(14)6-8/h2-4,6-7,10-11H,5H2,1H3,(H2,15,17)(H,16,18)/t7-,10-,11-/m1/s1. The first-order valence-electron chi connectivity index (χ1n) is 5.84. The zero-order valence-corrected chi connectivity index (χ0v) is 11.6. The summed E-state index contributed by atoms with van der Waals surface area (Å²) < 4.78 is 0.847. The van der Waals surface area contributed by atoms with E-state index in [1.807, 2.05) is 13.0 Å². The van der Waals surface area contributed by atoms with Crippen molar-refractivity contribution in [1.82, 2.24) is 5.32 Å². The number of rotatable bonds is 4. The van der Waals surface area contributed by atoms with Crippen molar-refractivity contribution in [3.63, 3.8) is 0 Å². The molecule has 0 radical (unpaired) electrons. The van der Waals surface area contributed by atoms with Crippen LogP contribution in [-0.4, -0.2) is 11.8 Å². The Balaban J connectivity index is 2.13. The number of carbonyl (C=O) groups excluding carboxylic acids is 2. The Hall–Kier alpha value is -1.36. The van der Waals surface area contributed by atoms with Crippen molar-refractivity contribution in [2.24, 2.45) is 17.6 Å². The van der Waals surface area contributed by atoms with E-state index >= 15 is 0 Å². The lowest BCUT2D eigenvalue weighted by Crippen LogP contribution is -2.38. The minimum Gasteiger partial charge on any atom is -0.368 e. The van der Waals surface area contributed by atoms with E-state index in [0.29, 0.717) is 11.5 Å². The van der Waals surface area contributed by atoms with Crippen LogP contribution >= 0.6 is 15.9 Å². The third-order valence-corrected chi connectivity index (χ3v) is 3.69. The van der Waals surface area contributed by atoms with Crippen molar-refractivity contribution in [2.45, 2.75) is 19.4 Å². The van der Waals surface area contributed by atoms with Crippen LogP contribution in [0.2, 0.25) is 0 Å². The van der Waals surface area contributed by atoms with E-state index in [1.165, 1.54) is 0 Å². The van der Waals surface area contributed by atoms with Crippen LogP contribution in [0.5, 0.6) is 0 Å². The summed E-state index contributed by atoms with van der Waals surface area (Å²) in [5, 5.41) is 2.72. The molecule has 18 heavy (non-hydrogen) atoms. The monoisotopic (exact) mass is 310 g/mol. The SMILES string of the molecule is C[C@@H]1C[C@H]1C(=O)N[C@@H](C(N)=O)c1cccc(Br)c1. The maximum atomic E-state index is 11.9. The second-order valence-corrected chi connectivity index (χ2v) is 5.63. The van der Waals surface area contributed by atoms with E-state index < -0.39 is 11.9 Å².